The Balaban J connectivity index is 1.97. The van der Waals surface area contributed by atoms with Gasteiger partial charge in [-0.25, -0.2) is 9.59 Å². The Labute approximate surface area is 167 Å². The molecule has 0 aliphatic rings. The second-order valence-electron chi connectivity index (χ2n) is 6.09. The molecule has 0 bridgehead atoms. The van der Waals surface area contributed by atoms with Crippen molar-refractivity contribution >= 4 is 28.3 Å². The van der Waals surface area contributed by atoms with Gasteiger partial charge in [-0.3, -0.25) is 0 Å². The van der Waals surface area contributed by atoms with Gasteiger partial charge in [-0.05, 0) is 31.2 Å². The third kappa shape index (κ3) is 4.42. The summed E-state index contributed by atoms with van der Waals surface area (Å²) in [4.78, 5) is 24.8. The number of ether oxygens (including phenoxy) is 3. The molecule has 0 atom stereocenters. The molecule has 0 saturated carbocycles. The molecule has 7 nitrogen and oxygen atoms in total. The summed E-state index contributed by atoms with van der Waals surface area (Å²) in [5.41, 5.74) is 1.51. The standard InChI is InChI=1S/C22H21NO6/c1-4-27-16(13-24)14-28-21-11-15(9-10-20(21)26-3)23(2)18-12-22(25)29-19-8-6-5-7-17(18)19/h5-12H,4,14H2,1-3H3. The van der Waals surface area contributed by atoms with Crippen molar-refractivity contribution in [3.05, 3.63) is 64.7 Å². The lowest BCUT2D eigenvalue weighted by Gasteiger charge is -2.22. The van der Waals surface area contributed by atoms with Gasteiger partial charge in [0.05, 0.1) is 19.4 Å². The van der Waals surface area contributed by atoms with Crippen LogP contribution in [0.3, 0.4) is 0 Å². The fourth-order valence-electron chi connectivity index (χ4n) is 2.92. The van der Waals surface area contributed by atoms with Gasteiger partial charge in [-0.2, -0.15) is 0 Å². The van der Waals surface area contributed by atoms with Crippen LogP contribution < -0.4 is 20.0 Å². The number of benzene rings is 2. The molecule has 1 heterocycles. The van der Waals surface area contributed by atoms with Gasteiger partial charge in [-0.15, -0.1) is 0 Å². The van der Waals surface area contributed by atoms with Crippen LogP contribution in [0.25, 0.3) is 11.0 Å². The SMILES string of the molecule is CCOC(=C=O)COc1cc(N(C)c2cc(=O)oc3ccccc23)ccc1OC. The number of carbonyl (C=O) groups excluding carboxylic acids is 1. The number of nitrogens with zero attached hydrogens (tertiary/aromatic N) is 1. The van der Waals surface area contributed by atoms with Gasteiger partial charge in [0.15, 0.2) is 24.0 Å². The third-order valence-corrected chi connectivity index (χ3v) is 4.32. The van der Waals surface area contributed by atoms with Crippen LogP contribution in [0, 0.1) is 0 Å². The van der Waals surface area contributed by atoms with Gasteiger partial charge in [-0.1, -0.05) is 12.1 Å². The van der Waals surface area contributed by atoms with E-state index >= 15 is 0 Å². The molecule has 0 aliphatic heterocycles. The average Bonchev–Trinajstić information content (AvgIpc) is 2.75. The molecule has 3 aromatic rings. The molecule has 29 heavy (non-hydrogen) atoms. The van der Waals surface area contributed by atoms with Crippen molar-refractivity contribution in [2.45, 2.75) is 6.92 Å². The Morgan fingerprint density at radius 1 is 1.14 bits per heavy atom. The quantitative estimate of drug-likeness (QED) is 0.327. The number of hydrogen-bond acceptors (Lipinski definition) is 7. The molecule has 0 N–H and O–H groups in total. The van der Waals surface area contributed by atoms with E-state index in [9.17, 15) is 9.59 Å². The van der Waals surface area contributed by atoms with Crippen molar-refractivity contribution < 1.29 is 23.4 Å². The van der Waals surface area contributed by atoms with Crippen LogP contribution in [-0.4, -0.2) is 33.3 Å². The molecule has 1 aromatic heterocycles. The molecule has 3 rings (SSSR count). The van der Waals surface area contributed by atoms with Gasteiger partial charge >= 0.3 is 5.63 Å². The molecule has 2 aromatic carbocycles. The number of methoxy groups -OCH3 is 1. The normalized spacial score (nSPS) is 10.3. The maximum atomic E-state index is 12.0. The second kappa shape index (κ2) is 8.99. The van der Waals surface area contributed by atoms with E-state index in [0.717, 1.165) is 11.1 Å². The minimum atomic E-state index is -0.437. The Morgan fingerprint density at radius 3 is 2.66 bits per heavy atom. The third-order valence-electron chi connectivity index (χ3n) is 4.32. The zero-order chi connectivity index (χ0) is 20.8. The molecular formula is C22H21NO6. The summed E-state index contributed by atoms with van der Waals surface area (Å²) in [6.45, 7) is 2.05. The highest BCUT2D eigenvalue weighted by atomic mass is 16.5. The van der Waals surface area contributed by atoms with Crippen LogP contribution in [0.5, 0.6) is 11.5 Å². The molecule has 0 amide bonds. The topological polar surface area (TPSA) is 78.2 Å². The van der Waals surface area contributed by atoms with E-state index in [1.165, 1.54) is 13.2 Å². The van der Waals surface area contributed by atoms with Crippen LogP contribution >= 0.6 is 0 Å². The summed E-state index contributed by atoms with van der Waals surface area (Å²) in [7, 11) is 3.37. The van der Waals surface area contributed by atoms with Crippen molar-refractivity contribution in [1.82, 2.24) is 0 Å². The summed E-state index contributed by atoms with van der Waals surface area (Å²) in [5, 5.41) is 0.801. The number of fused-ring (bicyclic) bond motifs is 1. The van der Waals surface area contributed by atoms with Crippen LogP contribution in [0.15, 0.2) is 63.5 Å². The lowest BCUT2D eigenvalue weighted by Crippen LogP contribution is -2.13. The molecule has 0 fully saturated rings. The molecule has 0 aliphatic carbocycles. The summed E-state index contributed by atoms with van der Waals surface area (Å²) in [5.74, 6) is 2.72. The maximum absolute atomic E-state index is 12.0. The number of anilines is 2. The van der Waals surface area contributed by atoms with E-state index in [1.807, 2.05) is 36.2 Å². The van der Waals surface area contributed by atoms with Crippen molar-refractivity contribution in [3.8, 4) is 11.5 Å². The van der Waals surface area contributed by atoms with Gasteiger partial charge < -0.3 is 23.5 Å². The summed E-state index contributed by atoms with van der Waals surface area (Å²) in [6, 6.07) is 14.1. The average molecular weight is 395 g/mol. The first kappa shape index (κ1) is 20.0. The molecule has 0 radical (unpaired) electrons. The first-order valence-electron chi connectivity index (χ1n) is 9.01. The predicted octanol–water partition coefficient (Wildman–Crippen LogP) is 3.70. The van der Waals surface area contributed by atoms with Crippen LogP contribution in [0.2, 0.25) is 0 Å². The van der Waals surface area contributed by atoms with Gasteiger partial charge in [0.2, 0.25) is 5.76 Å². The smallest absolute Gasteiger partial charge is 0.338 e. The van der Waals surface area contributed by atoms with Gasteiger partial charge in [0.1, 0.15) is 5.58 Å². The van der Waals surface area contributed by atoms with Crippen LogP contribution in [0.4, 0.5) is 11.4 Å². The molecule has 0 saturated heterocycles. The summed E-state index contributed by atoms with van der Waals surface area (Å²) in [6.07, 6.45) is 0. The Hall–Kier alpha value is -3.70. The first-order chi connectivity index (χ1) is 14.1. The van der Waals surface area contributed by atoms with E-state index in [1.54, 1.807) is 31.1 Å². The highest BCUT2D eigenvalue weighted by molar-refractivity contribution is 5.92. The van der Waals surface area contributed by atoms with Gasteiger partial charge in [0.25, 0.3) is 0 Å². The Morgan fingerprint density at radius 2 is 1.93 bits per heavy atom. The van der Waals surface area contributed by atoms with Crippen molar-refractivity contribution in [2.24, 2.45) is 0 Å². The minimum Gasteiger partial charge on any atom is -0.493 e. The largest absolute Gasteiger partial charge is 0.493 e. The van der Waals surface area contributed by atoms with Crippen molar-refractivity contribution in [3.63, 3.8) is 0 Å². The zero-order valence-corrected chi connectivity index (χ0v) is 16.4. The van der Waals surface area contributed by atoms with E-state index < -0.39 is 5.63 Å². The Kier molecular flexibility index (Phi) is 6.22. The molecule has 0 spiro atoms. The van der Waals surface area contributed by atoms with E-state index in [4.69, 9.17) is 18.6 Å². The van der Waals surface area contributed by atoms with Crippen LogP contribution in [0.1, 0.15) is 6.92 Å². The lowest BCUT2D eigenvalue weighted by atomic mass is 10.1. The second-order valence-corrected chi connectivity index (χ2v) is 6.09. The molecule has 0 unspecified atom stereocenters. The van der Waals surface area contributed by atoms with E-state index in [0.29, 0.717) is 29.4 Å². The fraction of sp³-hybridized carbons (Fsp3) is 0.227. The first-order valence-corrected chi connectivity index (χ1v) is 9.01. The zero-order valence-electron chi connectivity index (χ0n) is 16.4. The monoisotopic (exact) mass is 395 g/mol. The maximum Gasteiger partial charge on any atom is 0.338 e. The number of hydrogen-bond donors (Lipinski definition) is 0. The van der Waals surface area contributed by atoms with Crippen LogP contribution in [-0.2, 0) is 9.53 Å². The lowest BCUT2D eigenvalue weighted by molar-refractivity contribution is 0.181. The fourth-order valence-corrected chi connectivity index (χ4v) is 2.92. The van der Waals surface area contributed by atoms with Crippen molar-refractivity contribution in [2.75, 3.05) is 32.3 Å². The highest BCUT2D eigenvalue weighted by Crippen LogP contribution is 2.36. The molecular weight excluding hydrogens is 374 g/mol. The van der Waals surface area contributed by atoms with Gasteiger partial charge in [0, 0.05) is 30.3 Å². The number of para-hydroxylation sites is 1. The summed E-state index contributed by atoms with van der Waals surface area (Å²) < 4.78 is 21.5. The molecule has 7 heteroatoms. The minimum absolute atomic E-state index is 0.0694. The predicted molar refractivity (Wildman–Crippen MR) is 110 cm³/mol. The van der Waals surface area contributed by atoms with E-state index in [-0.39, 0.29) is 12.4 Å². The van der Waals surface area contributed by atoms with Crippen molar-refractivity contribution in [1.29, 1.82) is 0 Å². The number of rotatable bonds is 8. The Bertz CT molecular complexity index is 1110. The summed E-state index contributed by atoms with van der Waals surface area (Å²) >= 11 is 0. The molecule has 150 valence electrons. The highest BCUT2D eigenvalue weighted by Gasteiger charge is 2.14. The van der Waals surface area contributed by atoms with E-state index in [2.05, 4.69) is 0 Å².